The molecule has 1 rings (SSSR count). The molecule has 0 aliphatic rings. The number of aliphatic hydroxyl groups is 1. The van der Waals surface area contributed by atoms with E-state index in [0.717, 1.165) is 18.4 Å². The maximum atomic E-state index is 12.7. The van der Waals surface area contributed by atoms with Crippen molar-refractivity contribution in [2.24, 2.45) is 5.41 Å². The molecule has 1 aromatic rings. The molecule has 0 radical (unpaired) electrons. The van der Waals surface area contributed by atoms with Gasteiger partial charge < -0.3 is 10.4 Å². The van der Waals surface area contributed by atoms with Gasteiger partial charge in [0.25, 0.3) is 0 Å². The summed E-state index contributed by atoms with van der Waals surface area (Å²) in [6.45, 7) is 4.70. The molecule has 110 valence electrons. The highest BCUT2D eigenvalue weighted by molar-refractivity contribution is 5.91. The van der Waals surface area contributed by atoms with Crippen LogP contribution in [0.25, 0.3) is 6.08 Å². The molecule has 20 heavy (non-hydrogen) atoms. The third-order valence-corrected chi connectivity index (χ3v) is 3.05. The van der Waals surface area contributed by atoms with Gasteiger partial charge in [-0.15, -0.1) is 0 Å². The van der Waals surface area contributed by atoms with Gasteiger partial charge >= 0.3 is 0 Å². The molecule has 2 N–H and O–H groups in total. The summed E-state index contributed by atoms with van der Waals surface area (Å²) in [5.41, 5.74) is 0.678. The largest absolute Gasteiger partial charge is 0.396 e. The van der Waals surface area contributed by atoms with Crippen LogP contribution >= 0.6 is 0 Å². The minimum atomic E-state index is -0.293. The topological polar surface area (TPSA) is 49.3 Å². The summed E-state index contributed by atoms with van der Waals surface area (Å²) in [6.07, 6.45) is 4.76. The molecule has 3 nitrogen and oxygen atoms in total. The molecule has 4 heteroatoms. The zero-order chi connectivity index (χ0) is 15.0. The van der Waals surface area contributed by atoms with E-state index in [0.29, 0.717) is 6.54 Å². The predicted molar refractivity (Wildman–Crippen MR) is 78.5 cm³/mol. The summed E-state index contributed by atoms with van der Waals surface area (Å²) in [5, 5.41) is 11.9. The minimum absolute atomic E-state index is 0.103. The fourth-order valence-electron chi connectivity index (χ4n) is 1.66. The molecule has 1 amide bonds. The molecule has 0 unspecified atom stereocenters. The second-order valence-corrected chi connectivity index (χ2v) is 5.60. The first kappa shape index (κ1) is 16.4. The van der Waals surface area contributed by atoms with Crippen LogP contribution in [0.5, 0.6) is 0 Å². The van der Waals surface area contributed by atoms with Crippen molar-refractivity contribution in [1.82, 2.24) is 5.32 Å². The van der Waals surface area contributed by atoms with Crippen LogP contribution in [0.2, 0.25) is 0 Å². The van der Waals surface area contributed by atoms with Gasteiger partial charge in [0.1, 0.15) is 5.82 Å². The minimum Gasteiger partial charge on any atom is -0.396 e. The van der Waals surface area contributed by atoms with Crippen LogP contribution in [-0.4, -0.2) is 24.2 Å². The van der Waals surface area contributed by atoms with Crippen LogP contribution < -0.4 is 5.32 Å². The van der Waals surface area contributed by atoms with Crippen molar-refractivity contribution in [2.75, 3.05) is 13.2 Å². The summed E-state index contributed by atoms with van der Waals surface area (Å²) in [7, 11) is 0. The quantitative estimate of drug-likeness (QED) is 0.595. The van der Waals surface area contributed by atoms with E-state index in [1.165, 1.54) is 18.2 Å². The lowest BCUT2D eigenvalue weighted by Crippen LogP contribution is -2.24. The lowest BCUT2D eigenvalue weighted by Gasteiger charge is -2.20. The zero-order valence-corrected chi connectivity index (χ0v) is 12.0. The number of amides is 1. The Balaban J connectivity index is 2.28. The average Bonchev–Trinajstić information content (AvgIpc) is 2.43. The van der Waals surface area contributed by atoms with Gasteiger partial charge in [-0.1, -0.05) is 26.0 Å². The highest BCUT2D eigenvalue weighted by Crippen LogP contribution is 2.20. The second-order valence-electron chi connectivity index (χ2n) is 5.60. The molecule has 0 saturated carbocycles. The molecule has 1 aromatic carbocycles. The maximum Gasteiger partial charge on any atom is 0.243 e. The standard InChI is InChI=1S/C16H22FNO2/c1-16(2,12-19)10-3-11-18-15(20)9-6-13-4-7-14(17)8-5-13/h4-9,19H,3,10-12H2,1-2H3,(H,18,20)/b9-6+. The first-order chi connectivity index (χ1) is 9.43. The molecule has 0 atom stereocenters. The van der Waals surface area contributed by atoms with Crippen LogP contribution in [0, 0.1) is 11.2 Å². The lowest BCUT2D eigenvalue weighted by atomic mass is 9.89. The van der Waals surface area contributed by atoms with E-state index in [4.69, 9.17) is 5.11 Å². The first-order valence-corrected chi connectivity index (χ1v) is 6.75. The second kappa shape index (κ2) is 7.80. The van der Waals surface area contributed by atoms with Gasteiger partial charge in [-0.2, -0.15) is 0 Å². The van der Waals surface area contributed by atoms with Gasteiger partial charge in [-0.05, 0) is 42.0 Å². The predicted octanol–water partition coefficient (Wildman–Crippen LogP) is 2.75. The van der Waals surface area contributed by atoms with Crippen LogP contribution in [-0.2, 0) is 4.79 Å². The van der Waals surface area contributed by atoms with Crippen molar-refractivity contribution in [3.8, 4) is 0 Å². The molecule has 0 spiro atoms. The molecule has 0 aliphatic heterocycles. The summed E-state index contributed by atoms with van der Waals surface area (Å²) >= 11 is 0. The molecule has 0 aliphatic carbocycles. The lowest BCUT2D eigenvalue weighted by molar-refractivity contribution is -0.116. The third kappa shape index (κ3) is 6.48. The smallest absolute Gasteiger partial charge is 0.243 e. The Labute approximate surface area is 119 Å². The Morgan fingerprint density at radius 1 is 1.35 bits per heavy atom. The normalized spacial score (nSPS) is 11.8. The van der Waals surface area contributed by atoms with Gasteiger partial charge in [0.05, 0.1) is 0 Å². The van der Waals surface area contributed by atoms with E-state index < -0.39 is 0 Å². The number of benzene rings is 1. The Hall–Kier alpha value is -1.68. The summed E-state index contributed by atoms with van der Waals surface area (Å²) in [6, 6.07) is 5.94. The van der Waals surface area contributed by atoms with Gasteiger partial charge in [-0.3, -0.25) is 4.79 Å². The molecule has 0 aromatic heterocycles. The molecular weight excluding hydrogens is 257 g/mol. The van der Waals surface area contributed by atoms with E-state index in [1.807, 2.05) is 13.8 Å². The molecular formula is C16H22FNO2. The van der Waals surface area contributed by atoms with Crippen molar-refractivity contribution < 1.29 is 14.3 Å². The average molecular weight is 279 g/mol. The number of rotatable bonds is 7. The summed E-state index contributed by atoms with van der Waals surface area (Å²) in [5.74, 6) is -0.464. The first-order valence-electron chi connectivity index (χ1n) is 6.75. The number of hydrogen-bond donors (Lipinski definition) is 2. The number of aliphatic hydroxyl groups excluding tert-OH is 1. The Kier molecular flexibility index (Phi) is 6.39. The van der Waals surface area contributed by atoms with E-state index >= 15 is 0 Å². The van der Waals surface area contributed by atoms with E-state index in [1.54, 1.807) is 18.2 Å². The molecule has 0 fully saturated rings. The fraction of sp³-hybridized carbons (Fsp3) is 0.438. The van der Waals surface area contributed by atoms with E-state index in [9.17, 15) is 9.18 Å². The van der Waals surface area contributed by atoms with Gasteiger partial charge in [0.2, 0.25) is 5.91 Å². The Morgan fingerprint density at radius 2 is 2.00 bits per heavy atom. The third-order valence-electron chi connectivity index (χ3n) is 3.05. The van der Waals surface area contributed by atoms with Gasteiger partial charge in [0.15, 0.2) is 0 Å². The van der Waals surface area contributed by atoms with Crippen molar-refractivity contribution in [3.05, 3.63) is 41.7 Å². The van der Waals surface area contributed by atoms with Crippen molar-refractivity contribution in [3.63, 3.8) is 0 Å². The molecule has 0 bridgehead atoms. The van der Waals surface area contributed by atoms with Crippen LogP contribution in [0.1, 0.15) is 32.3 Å². The van der Waals surface area contributed by atoms with Crippen LogP contribution in [0.4, 0.5) is 4.39 Å². The molecule has 0 heterocycles. The van der Waals surface area contributed by atoms with Crippen LogP contribution in [0.3, 0.4) is 0 Å². The van der Waals surface area contributed by atoms with E-state index in [2.05, 4.69) is 5.32 Å². The van der Waals surface area contributed by atoms with Gasteiger partial charge in [0, 0.05) is 19.2 Å². The summed E-state index contributed by atoms with van der Waals surface area (Å²) < 4.78 is 12.7. The van der Waals surface area contributed by atoms with Gasteiger partial charge in [-0.25, -0.2) is 4.39 Å². The monoisotopic (exact) mass is 279 g/mol. The highest BCUT2D eigenvalue weighted by atomic mass is 19.1. The Bertz CT molecular complexity index is 452. The highest BCUT2D eigenvalue weighted by Gasteiger charge is 2.15. The van der Waals surface area contributed by atoms with Crippen molar-refractivity contribution in [2.45, 2.75) is 26.7 Å². The number of nitrogens with one attached hydrogen (secondary N) is 1. The van der Waals surface area contributed by atoms with Crippen molar-refractivity contribution >= 4 is 12.0 Å². The van der Waals surface area contributed by atoms with Crippen LogP contribution in [0.15, 0.2) is 30.3 Å². The maximum absolute atomic E-state index is 12.7. The Morgan fingerprint density at radius 3 is 2.60 bits per heavy atom. The summed E-state index contributed by atoms with van der Waals surface area (Å²) in [4.78, 5) is 11.6. The zero-order valence-electron chi connectivity index (χ0n) is 12.0. The number of carbonyl (C=O) groups excluding carboxylic acids is 1. The number of carbonyl (C=O) groups is 1. The SMILES string of the molecule is CC(C)(CO)CCCNC(=O)/C=C/c1ccc(F)cc1. The number of halogens is 1. The molecule has 0 saturated heterocycles. The number of hydrogen-bond acceptors (Lipinski definition) is 2. The van der Waals surface area contributed by atoms with Crippen molar-refractivity contribution in [1.29, 1.82) is 0 Å². The fourth-order valence-corrected chi connectivity index (χ4v) is 1.66. The van der Waals surface area contributed by atoms with E-state index in [-0.39, 0.29) is 23.7 Å².